The minimum Gasteiger partial charge on any atom is -0.494 e. The van der Waals surface area contributed by atoms with Gasteiger partial charge in [-0.25, -0.2) is 9.48 Å². The second-order valence-electron chi connectivity index (χ2n) is 10.8. The number of anilines is 1. The van der Waals surface area contributed by atoms with Crippen molar-refractivity contribution in [2.24, 2.45) is 0 Å². The Kier molecular flexibility index (Phi) is 8.09. The van der Waals surface area contributed by atoms with Crippen LogP contribution < -0.4 is 10.1 Å². The van der Waals surface area contributed by atoms with Crippen LogP contribution in [0.25, 0.3) is 5.69 Å². The normalized spacial score (nSPS) is 14.3. The van der Waals surface area contributed by atoms with Crippen LogP contribution in [-0.2, 0) is 4.74 Å². The van der Waals surface area contributed by atoms with Crippen molar-refractivity contribution in [2.75, 3.05) is 25.0 Å². The topological polar surface area (TPSA) is 85.7 Å². The van der Waals surface area contributed by atoms with Crippen molar-refractivity contribution in [3.8, 4) is 11.4 Å². The van der Waals surface area contributed by atoms with Crippen LogP contribution in [-0.4, -0.2) is 52.0 Å². The number of amides is 2. The highest BCUT2D eigenvalue weighted by Gasteiger charge is 2.32. The molecule has 0 aliphatic carbocycles. The van der Waals surface area contributed by atoms with Gasteiger partial charge in [0.15, 0.2) is 0 Å². The van der Waals surface area contributed by atoms with Crippen molar-refractivity contribution < 1.29 is 19.1 Å². The standard InChI is InChI=1S/C30H38N4O4/c1-7-37-25-12-9-23(10-13-25)32-28(35)26-19-31-34(24-11-8-20(2)21(3)18-24)27(26)22-14-16-33(17-15-22)29(36)38-30(4,5)6/h8-13,18-19,22H,7,14-17H2,1-6H3,(H,32,35). The SMILES string of the molecule is CCOc1ccc(NC(=O)c2cnn(-c3ccc(C)c(C)c3)c2C2CCN(C(=O)OC(C)(C)C)CC2)cc1. The number of hydrogen-bond acceptors (Lipinski definition) is 5. The van der Waals surface area contributed by atoms with Crippen LogP contribution in [0.4, 0.5) is 10.5 Å². The van der Waals surface area contributed by atoms with Crippen LogP contribution in [0.1, 0.15) is 73.6 Å². The number of hydrogen-bond donors (Lipinski definition) is 1. The minimum absolute atomic E-state index is 0.0545. The first-order valence-corrected chi connectivity index (χ1v) is 13.2. The highest BCUT2D eigenvalue weighted by molar-refractivity contribution is 6.05. The summed E-state index contributed by atoms with van der Waals surface area (Å²) in [5, 5.41) is 7.68. The van der Waals surface area contributed by atoms with Crippen molar-refractivity contribution >= 4 is 17.7 Å². The van der Waals surface area contributed by atoms with E-state index in [4.69, 9.17) is 9.47 Å². The van der Waals surface area contributed by atoms with Crippen LogP contribution in [0.2, 0.25) is 0 Å². The van der Waals surface area contributed by atoms with Gasteiger partial charge in [0.05, 0.1) is 29.7 Å². The van der Waals surface area contributed by atoms with Crippen LogP contribution in [0.3, 0.4) is 0 Å². The fourth-order valence-corrected chi connectivity index (χ4v) is 4.65. The number of benzene rings is 2. The lowest BCUT2D eigenvalue weighted by atomic mass is 9.90. The zero-order valence-electron chi connectivity index (χ0n) is 23.2. The fraction of sp³-hybridized carbons (Fsp3) is 0.433. The summed E-state index contributed by atoms with van der Waals surface area (Å²) in [6.07, 6.45) is 2.76. The molecule has 2 heterocycles. The summed E-state index contributed by atoms with van der Waals surface area (Å²) in [7, 11) is 0. The molecule has 1 aliphatic rings. The Hall–Kier alpha value is -3.81. The zero-order chi connectivity index (χ0) is 27.4. The van der Waals surface area contributed by atoms with Gasteiger partial charge in [-0.15, -0.1) is 0 Å². The Bertz CT molecular complexity index is 1280. The molecule has 1 saturated heterocycles. The molecule has 202 valence electrons. The summed E-state index contributed by atoms with van der Waals surface area (Å²) in [5.41, 5.74) is 4.81. The number of nitrogens with zero attached hydrogens (tertiary/aromatic N) is 3. The molecule has 0 spiro atoms. The number of likely N-dealkylation sites (tertiary alicyclic amines) is 1. The van der Waals surface area contributed by atoms with Gasteiger partial charge in [0.2, 0.25) is 0 Å². The lowest BCUT2D eigenvalue weighted by Crippen LogP contribution is -2.41. The van der Waals surface area contributed by atoms with E-state index < -0.39 is 5.60 Å². The fourth-order valence-electron chi connectivity index (χ4n) is 4.65. The largest absolute Gasteiger partial charge is 0.494 e. The summed E-state index contributed by atoms with van der Waals surface area (Å²) < 4.78 is 13.0. The lowest BCUT2D eigenvalue weighted by molar-refractivity contribution is 0.0203. The monoisotopic (exact) mass is 518 g/mol. The van der Waals surface area contributed by atoms with Gasteiger partial charge in [-0.3, -0.25) is 4.79 Å². The van der Waals surface area contributed by atoms with Crippen molar-refractivity contribution in [3.05, 3.63) is 71.0 Å². The second kappa shape index (κ2) is 11.3. The predicted molar refractivity (Wildman–Crippen MR) is 148 cm³/mol. The van der Waals surface area contributed by atoms with Crippen LogP contribution in [0, 0.1) is 13.8 Å². The summed E-state index contributed by atoms with van der Waals surface area (Å²) in [5.74, 6) is 0.596. The predicted octanol–water partition coefficient (Wildman–Crippen LogP) is 6.25. The molecule has 0 saturated carbocycles. The van der Waals surface area contributed by atoms with E-state index in [2.05, 4.69) is 36.4 Å². The molecular weight excluding hydrogens is 480 g/mol. The first kappa shape index (κ1) is 27.2. The van der Waals surface area contributed by atoms with E-state index in [0.717, 1.165) is 22.7 Å². The summed E-state index contributed by atoms with van der Waals surface area (Å²) in [6.45, 7) is 13.4. The van der Waals surface area contributed by atoms with Crippen molar-refractivity contribution in [2.45, 2.75) is 65.9 Å². The van der Waals surface area contributed by atoms with Gasteiger partial charge in [-0.2, -0.15) is 5.10 Å². The van der Waals surface area contributed by atoms with Gasteiger partial charge in [0.25, 0.3) is 5.91 Å². The van der Waals surface area contributed by atoms with Gasteiger partial charge in [0, 0.05) is 24.7 Å². The van der Waals surface area contributed by atoms with E-state index in [9.17, 15) is 9.59 Å². The molecule has 2 aromatic carbocycles. The molecule has 0 bridgehead atoms. The number of nitrogens with one attached hydrogen (secondary N) is 1. The molecule has 2 amide bonds. The highest BCUT2D eigenvalue weighted by Crippen LogP contribution is 2.33. The molecule has 38 heavy (non-hydrogen) atoms. The number of aryl methyl sites for hydroxylation is 2. The average molecular weight is 519 g/mol. The van der Waals surface area contributed by atoms with Crippen LogP contribution in [0.5, 0.6) is 5.75 Å². The molecule has 8 nitrogen and oxygen atoms in total. The number of rotatable bonds is 6. The highest BCUT2D eigenvalue weighted by atomic mass is 16.6. The Morgan fingerprint density at radius 2 is 1.71 bits per heavy atom. The summed E-state index contributed by atoms with van der Waals surface area (Å²) >= 11 is 0. The van der Waals surface area contributed by atoms with E-state index in [1.807, 2.05) is 62.7 Å². The third kappa shape index (κ3) is 6.36. The molecule has 1 N–H and O–H groups in total. The third-order valence-corrected chi connectivity index (χ3v) is 6.74. The number of aromatic nitrogens is 2. The second-order valence-corrected chi connectivity index (χ2v) is 10.8. The van der Waals surface area contributed by atoms with Crippen molar-refractivity contribution in [1.82, 2.24) is 14.7 Å². The Morgan fingerprint density at radius 3 is 2.32 bits per heavy atom. The smallest absolute Gasteiger partial charge is 0.410 e. The Labute approximate surface area is 224 Å². The van der Waals surface area contributed by atoms with Gasteiger partial charge < -0.3 is 19.7 Å². The van der Waals surface area contributed by atoms with E-state index in [-0.39, 0.29) is 17.9 Å². The summed E-state index contributed by atoms with van der Waals surface area (Å²) in [4.78, 5) is 27.9. The first-order valence-electron chi connectivity index (χ1n) is 13.2. The van der Waals surface area contributed by atoms with Gasteiger partial charge >= 0.3 is 6.09 Å². The van der Waals surface area contributed by atoms with E-state index in [1.165, 1.54) is 5.56 Å². The lowest BCUT2D eigenvalue weighted by Gasteiger charge is -2.34. The zero-order valence-corrected chi connectivity index (χ0v) is 23.2. The molecule has 0 atom stereocenters. The average Bonchev–Trinajstić information content (AvgIpc) is 3.31. The molecule has 8 heteroatoms. The summed E-state index contributed by atoms with van der Waals surface area (Å²) in [6, 6.07) is 13.5. The Balaban J connectivity index is 1.61. The molecule has 1 aliphatic heterocycles. The number of ether oxygens (including phenoxy) is 2. The molecule has 0 radical (unpaired) electrons. The molecular formula is C30H38N4O4. The first-order chi connectivity index (χ1) is 18.1. The quantitative estimate of drug-likeness (QED) is 0.417. The third-order valence-electron chi connectivity index (χ3n) is 6.74. The number of piperidine rings is 1. The maximum atomic E-state index is 13.5. The van der Waals surface area contributed by atoms with E-state index >= 15 is 0 Å². The van der Waals surface area contributed by atoms with Gasteiger partial charge in [-0.05, 0) is 102 Å². The minimum atomic E-state index is -0.540. The van der Waals surface area contributed by atoms with E-state index in [0.29, 0.717) is 43.8 Å². The van der Waals surface area contributed by atoms with Crippen molar-refractivity contribution in [3.63, 3.8) is 0 Å². The van der Waals surface area contributed by atoms with Crippen LogP contribution >= 0.6 is 0 Å². The van der Waals surface area contributed by atoms with E-state index in [1.54, 1.807) is 11.1 Å². The van der Waals surface area contributed by atoms with Gasteiger partial charge in [-0.1, -0.05) is 6.07 Å². The molecule has 1 fully saturated rings. The number of carbonyl (C=O) groups is 2. The number of carbonyl (C=O) groups excluding carboxylic acids is 2. The molecule has 3 aromatic rings. The maximum absolute atomic E-state index is 13.5. The maximum Gasteiger partial charge on any atom is 0.410 e. The van der Waals surface area contributed by atoms with Gasteiger partial charge in [0.1, 0.15) is 11.4 Å². The molecule has 1 aromatic heterocycles. The molecule has 0 unspecified atom stereocenters. The molecule has 4 rings (SSSR count). The van der Waals surface area contributed by atoms with Crippen LogP contribution in [0.15, 0.2) is 48.7 Å². The van der Waals surface area contributed by atoms with Crippen molar-refractivity contribution in [1.29, 1.82) is 0 Å². The Morgan fingerprint density at radius 1 is 1.03 bits per heavy atom.